The van der Waals surface area contributed by atoms with Gasteiger partial charge in [0.2, 0.25) is 0 Å². The molecular formula is C15H25NO2. The number of likely N-dealkylation sites (N-methyl/N-ethyl adjacent to an activating group) is 1. The van der Waals surface area contributed by atoms with Gasteiger partial charge in [0.25, 0.3) is 0 Å². The van der Waals surface area contributed by atoms with Crippen LogP contribution in [0.3, 0.4) is 0 Å². The third-order valence-corrected chi connectivity index (χ3v) is 3.26. The number of rotatable bonds is 5. The molecule has 3 N–H and O–H groups in total. The summed E-state index contributed by atoms with van der Waals surface area (Å²) in [5.41, 5.74) is 2.58. The first-order valence-electron chi connectivity index (χ1n) is 6.58. The van der Waals surface area contributed by atoms with E-state index in [0.29, 0.717) is 12.1 Å². The van der Waals surface area contributed by atoms with Crippen LogP contribution in [-0.4, -0.2) is 23.8 Å². The lowest BCUT2D eigenvalue weighted by atomic mass is 9.88. The van der Waals surface area contributed by atoms with Crippen molar-refractivity contribution >= 4 is 0 Å². The minimum atomic E-state index is -0.675. The molecule has 1 rings (SSSR count). The van der Waals surface area contributed by atoms with Crippen molar-refractivity contribution in [3.8, 4) is 5.75 Å². The molecule has 1 atom stereocenters. The normalized spacial score (nSPS) is 13.3. The first-order valence-corrected chi connectivity index (χ1v) is 6.58. The highest BCUT2D eigenvalue weighted by Crippen LogP contribution is 2.37. The molecule has 0 heterocycles. The average Bonchev–Trinajstić information content (AvgIpc) is 2.27. The maximum atomic E-state index is 10.4. The van der Waals surface area contributed by atoms with E-state index in [9.17, 15) is 10.2 Å². The van der Waals surface area contributed by atoms with Gasteiger partial charge in [0.1, 0.15) is 5.75 Å². The maximum Gasteiger partial charge on any atom is 0.125 e. The van der Waals surface area contributed by atoms with Crippen molar-refractivity contribution in [1.82, 2.24) is 5.32 Å². The van der Waals surface area contributed by atoms with Crippen molar-refractivity contribution < 1.29 is 10.2 Å². The summed E-state index contributed by atoms with van der Waals surface area (Å²) >= 11 is 0. The lowest BCUT2D eigenvalue weighted by Crippen LogP contribution is -2.19. The van der Waals surface area contributed by atoms with Crippen LogP contribution in [-0.2, 0) is 0 Å². The fraction of sp³-hybridized carbons (Fsp3) is 0.600. The van der Waals surface area contributed by atoms with Gasteiger partial charge in [0.05, 0.1) is 6.10 Å². The van der Waals surface area contributed by atoms with Gasteiger partial charge in [0.15, 0.2) is 0 Å². The Morgan fingerprint density at radius 2 is 1.56 bits per heavy atom. The third-order valence-electron chi connectivity index (χ3n) is 3.26. The van der Waals surface area contributed by atoms with Crippen LogP contribution in [0.25, 0.3) is 0 Å². The summed E-state index contributed by atoms with van der Waals surface area (Å²) in [7, 11) is 1.79. The van der Waals surface area contributed by atoms with Gasteiger partial charge < -0.3 is 15.5 Å². The summed E-state index contributed by atoms with van der Waals surface area (Å²) in [5, 5.41) is 23.6. The Morgan fingerprint density at radius 3 is 2.00 bits per heavy atom. The molecule has 0 saturated carbocycles. The van der Waals surface area contributed by atoms with Crippen LogP contribution in [0.2, 0.25) is 0 Å². The van der Waals surface area contributed by atoms with Crippen molar-refractivity contribution in [2.45, 2.75) is 45.6 Å². The minimum absolute atomic E-state index is 0.242. The Kier molecular flexibility index (Phi) is 5.17. The topological polar surface area (TPSA) is 52.5 Å². The van der Waals surface area contributed by atoms with Crippen molar-refractivity contribution in [3.63, 3.8) is 0 Å². The highest BCUT2D eigenvalue weighted by Gasteiger charge is 2.21. The molecule has 0 aromatic heterocycles. The molecule has 0 saturated heterocycles. The zero-order valence-corrected chi connectivity index (χ0v) is 12.0. The van der Waals surface area contributed by atoms with Gasteiger partial charge in [-0.05, 0) is 30.0 Å². The molecule has 102 valence electrons. The van der Waals surface area contributed by atoms with E-state index in [1.54, 1.807) is 7.05 Å². The quantitative estimate of drug-likeness (QED) is 0.754. The maximum absolute atomic E-state index is 10.4. The minimum Gasteiger partial charge on any atom is -0.507 e. The Bertz CT molecular complexity index is 400. The molecule has 3 nitrogen and oxygen atoms in total. The SMILES string of the molecule is CNCC(O)c1c(C(C)C)ccc(C(C)C)c1O. The molecule has 1 unspecified atom stereocenters. The van der Waals surface area contributed by atoms with Gasteiger partial charge in [-0.15, -0.1) is 0 Å². The highest BCUT2D eigenvalue weighted by atomic mass is 16.3. The molecule has 0 amide bonds. The van der Waals surface area contributed by atoms with Gasteiger partial charge in [0, 0.05) is 12.1 Å². The second-order valence-corrected chi connectivity index (χ2v) is 5.39. The van der Waals surface area contributed by atoms with Crippen molar-refractivity contribution in [1.29, 1.82) is 0 Å². The van der Waals surface area contributed by atoms with E-state index in [4.69, 9.17) is 0 Å². The summed E-state index contributed by atoms with van der Waals surface area (Å²) in [4.78, 5) is 0. The van der Waals surface area contributed by atoms with Crippen LogP contribution in [0.15, 0.2) is 12.1 Å². The highest BCUT2D eigenvalue weighted by molar-refractivity contribution is 5.49. The lowest BCUT2D eigenvalue weighted by molar-refractivity contribution is 0.172. The molecule has 0 radical (unpaired) electrons. The Hall–Kier alpha value is -1.06. The second kappa shape index (κ2) is 6.21. The molecule has 0 aliphatic carbocycles. The molecule has 1 aromatic carbocycles. The number of hydrogen-bond acceptors (Lipinski definition) is 3. The zero-order valence-electron chi connectivity index (χ0n) is 12.0. The molecule has 3 heteroatoms. The standard InChI is InChI=1S/C15H25NO2/c1-9(2)11-6-7-12(10(3)4)15(18)14(11)13(17)8-16-5/h6-7,9-10,13,16-18H,8H2,1-5H3. The largest absolute Gasteiger partial charge is 0.507 e. The number of aliphatic hydroxyl groups is 1. The van der Waals surface area contributed by atoms with Gasteiger partial charge in [-0.25, -0.2) is 0 Å². The summed E-state index contributed by atoms with van der Waals surface area (Å²) in [6.45, 7) is 8.66. The number of nitrogens with one attached hydrogen (secondary N) is 1. The van der Waals surface area contributed by atoms with Crippen LogP contribution in [0.1, 0.15) is 62.3 Å². The van der Waals surface area contributed by atoms with Gasteiger partial charge in [-0.2, -0.15) is 0 Å². The Labute approximate surface area is 110 Å². The van der Waals surface area contributed by atoms with Crippen LogP contribution in [0.4, 0.5) is 0 Å². The van der Waals surface area contributed by atoms with E-state index < -0.39 is 6.10 Å². The first kappa shape index (κ1) is 15.0. The third kappa shape index (κ3) is 3.03. The second-order valence-electron chi connectivity index (χ2n) is 5.39. The molecule has 1 aromatic rings. The lowest BCUT2D eigenvalue weighted by Gasteiger charge is -2.22. The fourth-order valence-corrected chi connectivity index (χ4v) is 2.26. The summed E-state index contributed by atoms with van der Waals surface area (Å²) in [6.07, 6.45) is -0.675. The molecule has 0 fully saturated rings. The molecular weight excluding hydrogens is 226 g/mol. The van der Waals surface area contributed by atoms with E-state index >= 15 is 0 Å². The number of aliphatic hydroxyl groups excluding tert-OH is 1. The number of hydrogen-bond donors (Lipinski definition) is 3. The number of phenols is 1. The van der Waals surface area contributed by atoms with Crippen molar-refractivity contribution in [2.75, 3.05) is 13.6 Å². The number of phenolic OH excluding ortho intramolecular Hbond substituents is 1. The smallest absolute Gasteiger partial charge is 0.125 e. The molecule has 0 aliphatic rings. The zero-order chi connectivity index (χ0) is 13.9. The van der Waals surface area contributed by atoms with E-state index in [-0.39, 0.29) is 17.6 Å². The first-order chi connectivity index (χ1) is 8.40. The van der Waals surface area contributed by atoms with Crippen LogP contribution < -0.4 is 5.32 Å². The van der Waals surface area contributed by atoms with E-state index in [1.807, 2.05) is 26.0 Å². The fourth-order valence-electron chi connectivity index (χ4n) is 2.26. The van der Waals surface area contributed by atoms with Gasteiger partial charge in [-0.3, -0.25) is 0 Å². The Balaban J connectivity index is 3.35. The van der Waals surface area contributed by atoms with Gasteiger partial charge in [-0.1, -0.05) is 39.8 Å². The van der Waals surface area contributed by atoms with E-state index in [0.717, 1.165) is 11.1 Å². The summed E-state index contributed by atoms with van der Waals surface area (Å²) < 4.78 is 0. The van der Waals surface area contributed by atoms with E-state index in [1.165, 1.54) is 0 Å². The summed E-state index contributed by atoms with van der Waals surface area (Å²) in [5.74, 6) is 0.768. The number of benzene rings is 1. The predicted molar refractivity (Wildman–Crippen MR) is 75.2 cm³/mol. The van der Waals surface area contributed by atoms with Crippen LogP contribution in [0.5, 0.6) is 5.75 Å². The van der Waals surface area contributed by atoms with E-state index in [2.05, 4.69) is 19.2 Å². The monoisotopic (exact) mass is 251 g/mol. The molecule has 18 heavy (non-hydrogen) atoms. The molecule has 0 aliphatic heterocycles. The van der Waals surface area contributed by atoms with Crippen molar-refractivity contribution in [3.05, 3.63) is 28.8 Å². The molecule has 0 bridgehead atoms. The number of aromatic hydroxyl groups is 1. The van der Waals surface area contributed by atoms with Crippen LogP contribution >= 0.6 is 0 Å². The predicted octanol–water partition coefficient (Wildman–Crippen LogP) is 2.89. The van der Waals surface area contributed by atoms with Crippen molar-refractivity contribution in [2.24, 2.45) is 0 Å². The Morgan fingerprint density at radius 1 is 1.06 bits per heavy atom. The van der Waals surface area contributed by atoms with Crippen LogP contribution in [0, 0.1) is 0 Å². The summed E-state index contributed by atoms with van der Waals surface area (Å²) in [6, 6.07) is 3.98. The van der Waals surface area contributed by atoms with Gasteiger partial charge >= 0.3 is 0 Å². The average molecular weight is 251 g/mol. The molecule has 0 spiro atoms.